The Morgan fingerprint density at radius 1 is 0.633 bits per heavy atom. The maximum absolute atomic E-state index is 12.5. The third-order valence-electron chi connectivity index (χ3n) is 7.39. The molecule has 0 saturated heterocycles. The first-order valence-electron chi connectivity index (χ1n) is 18.8. The number of hydrogen-bond acceptors (Lipinski definition) is 8. The minimum Gasteiger partial charge on any atom is -0.462 e. The summed E-state index contributed by atoms with van der Waals surface area (Å²) in [5.74, 6) is -0.895. The predicted octanol–water partition coefficient (Wildman–Crippen LogP) is 10.2. The molecule has 0 aliphatic heterocycles. The summed E-state index contributed by atoms with van der Waals surface area (Å²) in [6, 6.07) is 0. The fourth-order valence-electron chi connectivity index (χ4n) is 4.62. The van der Waals surface area contributed by atoms with Crippen LogP contribution in [-0.4, -0.2) is 49.3 Å². The van der Waals surface area contributed by atoms with Gasteiger partial charge in [0.05, 0.1) is 13.2 Å². The lowest BCUT2D eigenvalue weighted by molar-refractivity contribution is -0.161. The van der Waals surface area contributed by atoms with Gasteiger partial charge in [-0.25, -0.2) is 4.57 Å². The van der Waals surface area contributed by atoms with Gasteiger partial charge in [0.25, 0.3) is 0 Å². The highest BCUT2D eigenvalue weighted by atomic mass is 31.2. The van der Waals surface area contributed by atoms with Crippen molar-refractivity contribution >= 4 is 19.8 Å². The highest BCUT2D eigenvalue weighted by Crippen LogP contribution is 2.43. The van der Waals surface area contributed by atoms with Crippen LogP contribution in [-0.2, 0) is 32.7 Å². The second-order valence-corrected chi connectivity index (χ2v) is 13.5. The Hall–Kier alpha value is -2.29. The standard InChI is InChI=1S/C39H68NO8P/c1-3-5-7-9-11-13-15-17-18-20-22-24-26-28-30-32-39(42)48-37(36-47-49(43,44)46-34-33-40)35-45-38(41)31-29-27-25-23-21-19-16-14-12-10-8-6-4-2/h5,7,11,13-14,16-18,22,24,37H,3-4,6,8-10,12,15,19-21,23,25-36,40H2,1-2H3,(H,43,44)/t37-/m1/s1. The van der Waals surface area contributed by atoms with Crippen molar-refractivity contribution in [2.45, 2.75) is 148 Å². The fraction of sp³-hybridized carbons (Fsp3) is 0.692. The molecule has 0 aromatic rings. The number of ether oxygens (including phenoxy) is 2. The molecule has 9 nitrogen and oxygen atoms in total. The minimum atomic E-state index is -4.39. The quantitative estimate of drug-likeness (QED) is 0.0290. The lowest BCUT2D eigenvalue weighted by Gasteiger charge is -2.19. The highest BCUT2D eigenvalue weighted by Gasteiger charge is 2.25. The molecule has 0 aromatic heterocycles. The largest absolute Gasteiger partial charge is 0.472 e. The van der Waals surface area contributed by atoms with Crippen LogP contribution < -0.4 is 5.73 Å². The molecule has 0 radical (unpaired) electrons. The van der Waals surface area contributed by atoms with E-state index in [2.05, 4.69) is 74.6 Å². The van der Waals surface area contributed by atoms with E-state index in [0.717, 1.165) is 70.6 Å². The zero-order valence-electron chi connectivity index (χ0n) is 30.7. The van der Waals surface area contributed by atoms with Crippen LogP contribution in [0.4, 0.5) is 0 Å². The molecule has 0 heterocycles. The van der Waals surface area contributed by atoms with Crippen molar-refractivity contribution in [2.75, 3.05) is 26.4 Å². The van der Waals surface area contributed by atoms with Crippen molar-refractivity contribution in [1.29, 1.82) is 0 Å². The zero-order valence-corrected chi connectivity index (χ0v) is 31.5. The van der Waals surface area contributed by atoms with Crippen LogP contribution in [0.25, 0.3) is 0 Å². The van der Waals surface area contributed by atoms with Gasteiger partial charge in [0.15, 0.2) is 6.10 Å². The number of esters is 2. The predicted molar refractivity (Wildman–Crippen MR) is 201 cm³/mol. The number of unbranched alkanes of at least 4 members (excludes halogenated alkanes) is 11. The molecule has 0 aromatic carbocycles. The highest BCUT2D eigenvalue weighted by molar-refractivity contribution is 7.47. The number of rotatable bonds is 34. The first-order valence-corrected chi connectivity index (χ1v) is 20.3. The van der Waals surface area contributed by atoms with E-state index >= 15 is 0 Å². The molecule has 3 N–H and O–H groups in total. The average Bonchev–Trinajstić information content (AvgIpc) is 3.08. The van der Waals surface area contributed by atoms with E-state index in [4.69, 9.17) is 24.3 Å². The van der Waals surface area contributed by atoms with Crippen molar-refractivity contribution in [3.8, 4) is 0 Å². The molecule has 0 amide bonds. The Bertz CT molecular complexity index is 992. The van der Waals surface area contributed by atoms with Gasteiger partial charge in [-0.2, -0.15) is 0 Å². The maximum Gasteiger partial charge on any atom is 0.472 e. The summed E-state index contributed by atoms with van der Waals surface area (Å²) >= 11 is 0. The number of carbonyl (C=O) groups excluding carboxylic acids is 2. The first kappa shape index (κ1) is 46.7. The van der Waals surface area contributed by atoms with E-state index in [9.17, 15) is 19.0 Å². The number of nitrogens with two attached hydrogens (primary N) is 1. The van der Waals surface area contributed by atoms with E-state index < -0.39 is 32.5 Å². The minimum absolute atomic E-state index is 0.0428. The molecule has 1 unspecified atom stereocenters. The summed E-state index contributed by atoms with van der Waals surface area (Å²) in [5, 5.41) is 0. The Morgan fingerprint density at radius 3 is 1.73 bits per heavy atom. The Morgan fingerprint density at radius 2 is 1.12 bits per heavy atom. The maximum atomic E-state index is 12.5. The van der Waals surface area contributed by atoms with E-state index in [1.54, 1.807) is 0 Å². The molecule has 282 valence electrons. The Balaban J connectivity index is 4.34. The topological polar surface area (TPSA) is 134 Å². The van der Waals surface area contributed by atoms with Gasteiger partial charge in [0.2, 0.25) is 0 Å². The van der Waals surface area contributed by atoms with Crippen LogP contribution >= 0.6 is 7.82 Å². The molecular formula is C39H68NO8P. The third-order valence-corrected chi connectivity index (χ3v) is 8.37. The van der Waals surface area contributed by atoms with Crippen LogP contribution in [0, 0.1) is 0 Å². The lowest BCUT2D eigenvalue weighted by Crippen LogP contribution is -2.29. The van der Waals surface area contributed by atoms with Gasteiger partial charge in [0, 0.05) is 19.4 Å². The second kappa shape index (κ2) is 35.5. The van der Waals surface area contributed by atoms with Gasteiger partial charge in [0.1, 0.15) is 6.61 Å². The number of phosphoric ester groups is 1. The Kier molecular flexibility index (Phi) is 33.9. The van der Waals surface area contributed by atoms with Crippen molar-refractivity contribution in [2.24, 2.45) is 5.73 Å². The molecular weight excluding hydrogens is 641 g/mol. The summed E-state index contributed by atoms with van der Waals surface area (Å²) in [7, 11) is -4.39. The monoisotopic (exact) mass is 709 g/mol. The number of hydrogen-bond donors (Lipinski definition) is 2. The van der Waals surface area contributed by atoms with Crippen LogP contribution in [0.2, 0.25) is 0 Å². The van der Waals surface area contributed by atoms with Gasteiger partial charge in [-0.3, -0.25) is 18.6 Å². The van der Waals surface area contributed by atoms with Crippen LogP contribution in [0.15, 0.2) is 60.8 Å². The van der Waals surface area contributed by atoms with E-state index in [1.165, 1.54) is 32.1 Å². The average molecular weight is 710 g/mol. The molecule has 49 heavy (non-hydrogen) atoms. The van der Waals surface area contributed by atoms with Crippen molar-refractivity contribution in [1.82, 2.24) is 0 Å². The summed E-state index contributed by atoms with van der Waals surface area (Å²) in [4.78, 5) is 34.7. The Labute approximate surface area is 298 Å². The summed E-state index contributed by atoms with van der Waals surface area (Å²) in [5.41, 5.74) is 5.32. The van der Waals surface area contributed by atoms with Crippen LogP contribution in [0.3, 0.4) is 0 Å². The third kappa shape index (κ3) is 35.3. The normalized spacial score (nSPS) is 14.1. The van der Waals surface area contributed by atoms with E-state index in [1.807, 2.05) is 0 Å². The van der Waals surface area contributed by atoms with Crippen molar-refractivity contribution < 1.29 is 37.6 Å². The van der Waals surface area contributed by atoms with E-state index in [-0.39, 0.29) is 32.6 Å². The van der Waals surface area contributed by atoms with Crippen molar-refractivity contribution in [3.63, 3.8) is 0 Å². The smallest absolute Gasteiger partial charge is 0.462 e. The molecule has 2 atom stereocenters. The molecule has 10 heteroatoms. The number of allylic oxidation sites excluding steroid dienone is 10. The van der Waals surface area contributed by atoms with Gasteiger partial charge in [-0.1, -0.05) is 113 Å². The van der Waals surface area contributed by atoms with E-state index in [0.29, 0.717) is 12.8 Å². The second-order valence-electron chi connectivity index (χ2n) is 12.1. The summed E-state index contributed by atoms with van der Waals surface area (Å²) in [6.07, 6.45) is 39.7. The molecule has 0 saturated carbocycles. The van der Waals surface area contributed by atoms with Gasteiger partial charge < -0.3 is 20.1 Å². The summed E-state index contributed by atoms with van der Waals surface area (Å²) < 4.78 is 32.6. The summed E-state index contributed by atoms with van der Waals surface area (Å²) in [6.45, 7) is 3.51. The lowest BCUT2D eigenvalue weighted by atomic mass is 10.1. The first-order chi connectivity index (χ1) is 23.8. The van der Waals surface area contributed by atoms with Gasteiger partial charge in [-0.05, 0) is 77.0 Å². The number of carbonyl (C=O) groups is 2. The molecule has 0 rings (SSSR count). The van der Waals surface area contributed by atoms with Crippen molar-refractivity contribution in [3.05, 3.63) is 60.8 Å². The van der Waals surface area contributed by atoms with Gasteiger partial charge in [-0.15, -0.1) is 0 Å². The van der Waals surface area contributed by atoms with Crippen LogP contribution in [0.5, 0.6) is 0 Å². The molecule has 0 bridgehead atoms. The SMILES string of the molecule is CCC=CCC=CCC=CCC=CCCCCC(=O)O[C@H](COC(=O)CCCCCCCC=CCCCCCC)COP(=O)(O)OCCN. The molecule has 0 aliphatic rings. The fourth-order valence-corrected chi connectivity index (χ4v) is 5.38. The molecule has 0 spiro atoms. The number of phosphoric acid groups is 1. The molecule has 0 fully saturated rings. The zero-order chi connectivity index (χ0) is 36.1. The van der Waals surface area contributed by atoms with Crippen LogP contribution in [0.1, 0.15) is 142 Å². The molecule has 0 aliphatic carbocycles. The van der Waals surface area contributed by atoms with Gasteiger partial charge >= 0.3 is 19.8 Å².